The molecule has 2 heterocycles. The molecule has 5 rings (SSSR count). The number of benzene rings is 3. The quantitative estimate of drug-likeness (QED) is 0.481. The number of nitrogens with zero attached hydrogens (tertiary/aromatic N) is 2. The highest BCUT2D eigenvalue weighted by atomic mass is 16.5. The van der Waals surface area contributed by atoms with Crippen LogP contribution in [0.2, 0.25) is 0 Å². The van der Waals surface area contributed by atoms with E-state index in [2.05, 4.69) is 11.0 Å². The largest absolute Gasteiger partial charge is 0.507 e. The molecule has 0 radical (unpaired) electrons. The van der Waals surface area contributed by atoms with Crippen molar-refractivity contribution in [2.45, 2.75) is 20.3 Å². The highest BCUT2D eigenvalue weighted by Gasteiger charge is 2.17. The van der Waals surface area contributed by atoms with E-state index >= 15 is 0 Å². The standard InChI is InChI=1S/C28H28N2O3/c1-19-15-21(16-20(2)27(19)31)17-23-18-30(26-6-4-3-5-25(23)26)28(32)22-7-9-24(10-8-22)29-11-13-33-14-12-29/h3-10,15-16,18,31H,11-14,17H2,1-2H3. The molecule has 5 heteroatoms. The zero-order chi connectivity index (χ0) is 22.9. The number of rotatable bonds is 4. The minimum Gasteiger partial charge on any atom is -0.507 e. The molecule has 1 saturated heterocycles. The maximum Gasteiger partial charge on any atom is 0.262 e. The van der Waals surface area contributed by atoms with Gasteiger partial charge >= 0.3 is 0 Å². The second-order valence-corrected chi connectivity index (χ2v) is 8.75. The fourth-order valence-electron chi connectivity index (χ4n) is 4.70. The molecule has 4 aromatic rings. The minimum atomic E-state index is -0.0379. The maximum absolute atomic E-state index is 13.5. The lowest BCUT2D eigenvalue weighted by Gasteiger charge is -2.28. The van der Waals surface area contributed by atoms with Gasteiger partial charge in [0.05, 0.1) is 18.7 Å². The van der Waals surface area contributed by atoms with Crippen LogP contribution in [0.15, 0.2) is 66.9 Å². The molecule has 0 spiro atoms. The summed E-state index contributed by atoms with van der Waals surface area (Å²) in [6, 6.07) is 19.9. The van der Waals surface area contributed by atoms with E-state index in [1.807, 2.05) is 74.6 Å². The lowest BCUT2D eigenvalue weighted by molar-refractivity contribution is 0.0964. The molecule has 0 saturated carbocycles. The molecular weight excluding hydrogens is 412 g/mol. The topological polar surface area (TPSA) is 54.7 Å². The third kappa shape index (κ3) is 4.12. The number of aromatic hydroxyl groups is 1. The van der Waals surface area contributed by atoms with E-state index in [0.717, 1.165) is 65.1 Å². The predicted molar refractivity (Wildman–Crippen MR) is 132 cm³/mol. The number of aryl methyl sites for hydroxylation is 2. The molecule has 1 aromatic heterocycles. The number of morpholine rings is 1. The van der Waals surface area contributed by atoms with E-state index in [9.17, 15) is 9.90 Å². The second kappa shape index (κ2) is 8.75. The molecule has 1 N–H and O–H groups in total. The number of fused-ring (bicyclic) bond motifs is 1. The highest BCUT2D eigenvalue weighted by Crippen LogP contribution is 2.28. The third-order valence-electron chi connectivity index (χ3n) is 6.45. The number of phenols is 1. The van der Waals surface area contributed by atoms with Crippen molar-refractivity contribution in [3.8, 4) is 5.75 Å². The number of ether oxygens (including phenoxy) is 1. The van der Waals surface area contributed by atoms with Crippen molar-refractivity contribution in [2.75, 3.05) is 31.2 Å². The summed E-state index contributed by atoms with van der Waals surface area (Å²) in [6.07, 6.45) is 2.65. The van der Waals surface area contributed by atoms with Crippen molar-refractivity contribution in [1.82, 2.24) is 4.57 Å². The van der Waals surface area contributed by atoms with Gasteiger partial charge in [-0.15, -0.1) is 0 Å². The lowest BCUT2D eigenvalue weighted by atomic mass is 9.99. The number of carbonyl (C=O) groups is 1. The fraction of sp³-hybridized carbons (Fsp3) is 0.250. The summed E-state index contributed by atoms with van der Waals surface area (Å²) in [5.74, 6) is 0.306. The van der Waals surface area contributed by atoms with E-state index in [0.29, 0.717) is 17.7 Å². The Labute approximate surface area is 193 Å². The first-order valence-corrected chi connectivity index (χ1v) is 11.4. The SMILES string of the molecule is Cc1cc(Cc2cn(C(=O)c3ccc(N4CCOCC4)cc3)c3ccccc23)cc(C)c1O. The normalized spacial score (nSPS) is 14.1. The van der Waals surface area contributed by atoms with Crippen molar-refractivity contribution in [1.29, 1.82) is 0 Å². The summed E-state index contributed by atoms with van der Waals surface area (Å²) >= 11 is 0. The molecule has 33 heavy (non-hydrogen) atoms. The van der Waals surface area contributed by atoms with Gasteiger partial charge in [-0.25, -0.2) is 0 Å². The number of anilines is 1. The summed E-state index contributed by atoms with van der Waals surface area (Å²) < 4.78 is 7.19. The van der Waals surface area contributed by atoms with E-state index in [4.69, 9.17) is 4.74 Å². The van der Waals surface area contributed by atoms with Crippen molar-refractivity contribution in [3.63, 3.8) is 0 Å². The number of hydrogen-bond acceptors (Lipinski definition) is 4. The Kier molecular flexibility index (Phi) is 5.65. The van der Waals surface area contributed by atoms with Gasteiger partial charge in [-0.3, -0.25) is 9.36 Å². The smallest absolute Gasteiger partial charge is 0.262 e. The van der Waals surface area contributed by atoms with Gasteiger partial charge in [-0.2, -0.15) is 0 Å². The van der Waals surface area contributed by atoms with E-state index in [1.54, 1.807) is 4.57 Å². The maximum atomic E-state index is 13.5. The first-order chi connectivity index (χ1) is 16.0. The Balaban J connectivity index is 1.47. The molecular formula is C28H28N2O3. The number of hydrogen-bond donors (Lipinski definition) is 1. The van der Waals surface area contributed by atoms with Gasteiger partial charge in [0.15, 0.2) is 0 Å². The summed E-state index contributed by atoms with van der Waals surface area (Å²) in [7, 11) is 0. The van der Waals surface area contributed by atoms with Crippen LogP contribution in [-0.4, -0.2) is 41.9 Å². The number of carbonyl (C=O) groups excluding carboxylic acids is 1. The molecule has 5 nitrogen and oxygen atoms in total. The van der Waals surface area contributed by atoms with Crippen molar-refractivity contribution < 1.29 is 14.6 Å². The predicted octanol–water partition coefficient (Wildman–Crippen LogP) is 5.08. The van der Waals surface area contributed by atoms with Gasteiger partial charge in [0.25, 0.3) is 5.91 Å². The average molecular weight is 441 g/mol. The summed E-state index contributed by atoms with van der Waals surface area (Å²) in [5, 5.41) is 11.2. The number of para-hydroxylation sites is 1. The Morgan fingerprint density at radius 2 is 1.64 bits per heavy atom. The molecule has 0 amide bonds. The van der Waals surface area contributed by atoms with Crippen LogP contribution < -0.4 is 4.90 Å². The fourth-order valence-corrected chi connectivity index (χ4v) is 4.70. The van der Waals surface area contributed by atoms with E-state index < -0.39 is 0 Å². The Morgan fingerprint density at radius 3 is 2.33 bits per heavy atom. The molecule has 168 valence electrons. The average Bonchev–Trinajstić information content (AvgIpc) is 3.21. The Hall–Kier alpha value is -3.57. The van der Waals surface area contributed by atoms with Crippen LogP contribution in [0.1, 0.15) is 32.6 Å². The monoisotopic (exact) mass is 440 g/mol. The van der Waals surface area contributed by atoms with Gasteiger partial charge in [0.1, 0.15) is 5.75 Å². The Bertz CT molecular complexity index is 1290. The van der Waals surface area contributed by atoms with Crippen LogP contribution in [0.4, 0.5) is 5.69 Å². The molecule has 1 aliphatic rings. The van der Waals surface area contributed by atoms with Crippen LogP contribution in [0.3, 0.4) is 0 Å². The molecule has 0 atom stereocenters. The number of aromatic nitrogens is 1. The van der Waals surface area contributed by atoms with Crippen LogP contribution in [0.5, 0.6) is 5.75 Å². The molecule has 1 aliphatic heterocycles. The van der Waals surface area contributed by atoms with Crippen LogP contribution >= 0.6 is 0 Å². The summed E-state index contributed by atoms with van der Waals surface area (Å²) in [6.45, 7) is 7.04. The van der Waals surface area contributed by atoms with Gasteiger partial charge in [0, 0.05) is 35.9 Å². The van der Waals surface area contributed by atoms with Gasteiger partial charge in [-0.1, -0.05) is 30.3 Å². The second-order valence-electron chi connectivity index (χ2n) is 8.75. The van der Waals surface area contributed by atoms with Gasteiger partial charge in [0.2, 0.25) is 0 Å². The Morgan fingerprint density at radius 1 is 0.970 bits per heavy atom. The zero-order valence-corrected chi connectivity index (χ0v) is 19.0. The van der Waals surface area contributed by atoms with Gasteiger partial charge < -0.3 is 14.7 Å². The van der Waals surface area contributed by atoms with Crippen molar-refractivity contribution in [3.05, 3.63) is 94.7 Å². The lowest BCUT2D eigenvalue weighted by Crippen LogP contribution is -2.36. The zero-order valence-electron chi connectivity index (χ0n) is 19.0. The van der Waals surface area contributed by atoms with E-state index in [-0.39, 0.29) is 5.91 Å². The molecule has 3 aromatic carbocycles. The minimum absolute atomic E-state index is 0.0379. The van der Waals surface area contributed by atoms with Crippen molar-refractivity contribution in [2.24, 2.45) is 0 Å². The van der Waals surface area contributed by atoms with Crippen molar-refractivity contribution >= 4 is 22.5 Å². The first-order valence-electron chi connectivity index (χ1n) is 11.4. The van der Waals surface area contributed by atoms with Crippen LogP contribution in [0, 0.1) is 13.8 Å². The van der Waals surface area contributed by atoms with Crippen LogP contribution in [-0.2, 0) is 11.2 Å². The third-order valence-corrected chi connectivity index (χ3v) is 6.45. The first kappa shape index (κ1) is 21.3. The summed E-state index contributed by atoms with van der Waals surface area (Å²) in [4.78, 5) is 15.7. The van der Waals surface area contributed by atoms with E-state index in [1.165, 1.54) is 0 Å². The summed E-state index contributed by atoms with van der Waals surface area (Å²) in [5.41, 5.74) is 6.63. The molecule has 0 unspecified atom stereocenters. The highest BCUT2D eigenvalue weighted by molar-refractivity contribution is 6.03. The number of phenolic OH excluding ortho intramolecular Hbond substituents is 1. The van der Waals surface area contributed by atoms with Crippen LogP contribution in [0.25, 0.3) is 10.9 Å². The van der Waals surface area contributed by atoms with Gasteiger partial charge in [-0.05, 0) is 72.9 Å². The molecule has 1 fully saturated rings. The molecule has 0 bridgehead atoms. The molecule has 0 aliphatic carbocycles.